The number of aliphatic hydroxyl groups excluding tert-OH is 1. The third-order valence-corrected chi connectivity index (χ3v) is 3.28. The van der Waals surface area contributed by atoms with Crippen LogP contribution in [0.25, 0.3) is 0 Å². The van der Waals surface area contributed by atoms with Gasteiger partial charge in [0.1, 0.15) is 0 Å². The number of rotatable bonds is 5. The van der Waals surface area contributed by atoms with Gasteiger partial charge in [0, 0.05) is 28.7 Å². The van der Waals surface area contributed by atoms with Crippen molar-refractivity contribution in [1.29, 1.82) is 0 Å². The highest BCUT2D eigenvalue weighted by Gasteiger charge is 2.12. The second-order valence-corrected chi connectivity index (χ2v) is 4.73. The topological polar surface area (TPSA) is 41.5 Å². The van der Waals surface area contributed by atoms with Gasteiger partial charge in [-0.05, 0) is 24.7 Å². The van der Waals surface area contributed by atoms with Gasteiger partial charge in [-0.25, -0.2) is 0 Å². The van der Waals surface area contributed by atoms with Crippen LogP contribution < -0.4 is 5.32 Å². The average Bonchev–Trinajstić information content (AvgIpc) is 2.23. The zero-order valence-corrected chi connectivity index (χ0v) is 11.6. The highest BCUT2D eigenvalue weighted by atomic mass is 79.9. The molecule has 0 aliphatic rings. The average molecular weight is 309 g/mol. The molecular formula is C11H15BrClNO2. The van der Waals surface area contributed by atoms with E-state index >= 15 is 0 Å². The van der Waals surface area contributed by atoms with Gasteiger partial charge in [-0.15, -0.1) is 0 Å². The molecule has 0 amide bonds. The van der Waals surface area contributed by atoms with E-state index in [0.717, 1.165) is 15.6 Å². The van der Waals surface area contributed by atoms with E-state index < -0.39 is 6.10 Å². The van der Waals surface area contributed by atoms with Crippen molar-refractivity contribution in [2.24, 2.45) is 0 Å². The molecule has 0 heterocycles. The van der Waals surface area contributed by atoms with Crippen molar-refractivity contribution in [1.82, 2.24) is 5.32 Å². The third kappa shape index (κ3) is 3.43. The molecule has 5 heteroatoms. The number of methoxy groups -OCH3 is 1. The highest BCUT2D eigenvalue weighted by Crippen LogP contribution is 2.30. The second kappa shape index (κ2) is 6.57. The van der Waals surface area contributed by atoms with Crippen molar-refractivity contribution in [3.8, 4) is 0 Å². The first-order valence-corrected chi connectivity index (χ1v) is 6.06. The fourth-order valence-electron chi connectivity index (χ4n) is 1.41. The lowest BCUT2D eigenvalue weighted by Gasteiger charge is -2.14. The third-order valence-electron chi connectivity index (χ3n) is 2.23. The fourth-order valence-corrected chi connectivity index (χ4v) is 2.40. The maximum atomic E-state index is 9.82. The molecule has 1 atom stereocenters. The summed E-state index contributed by atoms with van der Waals surface area (Å²) in [4.78, 5) is 0. The Morgan fingerprint density at radius 2 is 2.25 bits per heavy atom. The molecule has 0 fully saturated rings. The molecule has 0 saturated heterocycles. The standard InChI is InChI=1S/C11H15BrClNO2/c1-14-5-11(15)7-3-9(12)8(6-16-2)10(13)4-7/h3-4,11,14-15H,5-6H2,1-2H3. The Hall–Kier alpha value is -0.130. The Morgan fingerprint density at radius 3 is 2.75 bits per heavy atom. The number of halogens is 2. The van der Waals surface area contributed by atoms with Gasteiger partial charge in [-0.3, -0.25) is 0 Å². The van der Waals surface area contributed by atoms with Gasteiger partial charge >= 0.3 is 0 Å². The molecule has 16 heavy (non-hydrogen) atoms. The van der Waals surface area contributed by atoms with E-state index in [4.69, 9.17) is 16.3 Å². The Morgan fingerprint density at radius 1 is 1.56 bits per heavy atom. The van der Waals surface area contributed by atoms with E-state index in [2.05, 4.69) is 21.2 Å². The summed E-state index contributed by atoms with van der Waals surface area (Å²) in [6.45, 7) is 0.939. The molecule has 0 aromatic heterocycles. The van der Waals surface area contributed by atoms with Crippen LogP contribution in [-0.2, 0) is 11.3 Å². The van der Waals surface area contributed by atoms with Gasteiger partial charge in [0.05, 0.1) is 12.7 Å². The largest absolute Gasteiger partial charge is 0.387 e. The first kappa shape index (κ1) is 13.9. The van der Waals surface area contributed by atoms with Crippen LogP contribution >= 0.6 is 27.5 Å². The van der Waals surface area contributed by atoms with Crippen LogP contribution in [0.3, 0.4) is 0 Å². The molecule has 0 aliphatic heterocycles. The van der Waals surface area contributed by atoms with Gasteiger partial charge in [0.2, 0.25) is 0 Å². The first-order valence-electron chi connectivity index (χ1n) is 4.89. The van der Waals surface area contributed by atoms with E-state index in [1.807, 2.05) is 6.07 Å². The maximum absolute atomic E-state index is 9.82. The molecular weight excluding hydrogens is 293 g/mol. The summed E-state index contributed by atoms with van der Waals surface area (Å²) in [5, 5.41) is 13.3. The van der Waals surface area contributed by atoms with Crippen LogP contribution in [0, 0.1) is 0 Å². The lowest BCUT2D eigenvalue weighted by molar-refractivity contribution is 0.176. The Balaban J connectivity index is 2.99. The van der Waals surface area contributed by atoms with Crippen LogP contribution in [0.4, 0.5) is 0 Å². The Bertz CT molecular complexity index is 337. The van der Waals surface area contributed by atoms with Gasteiger partial charge in [-0.1, -0.05) is 27.5 Å². The first-order chi connectivity index (χ1) is 7.60. The molecule has 0 aliphatic carbocycles. The van der Waals surface area contributed by atoms with Crippen molar-refractivity contribution in [3.63, 3.8) is 0 Å². The second-order valence-electron chi connectivity index (χ2n) is 3.47. The molecule has 2 N–H and O–H groups in total. The van der Waals surface area contributed by atoms with E-state index in [1.54, 1.807) is 20.2 Å². The van der Waals surface area contributed by atoms with Gasteiger partial charge in [0.25, 0.3) is 0 Å². The van der Waals surface area contributed by atoms with Crippen molar-refractivity contribution in [2.45, 2.75) is 12.7 Å². The van der Waals surface area contributed by atoms with Crippen molar-refractivity contribution in [2.75, 3.05) is 20.7 Å². The lowest BCUT2D eigenvalue weighted by atomic mass is 10.1. The number of nitrogens with one attached hydrogen (secondary N) is 1. The number of hydrogen-bond donors (Lipinski definition) is 2. The molecule has 0 bridgehead atoms. The van der Waals surface area contributed by atoms with Crippen molar-refractivity contribution < 1.29 is 9.84 Å². The molecule has 1 aromatic rings. The fraction of sp³-hybridized carbons (Fsp3) is 0.455. The molecule has 3 nitrogen and oxygen atoms in total. The number of likely N-dealkylation sites (N-methyl/N-ethyl adjacent to an activating group) is 1. The van der Waals surface area contributed by atoms with Crippen molar-refractivity contribution >= 4 is 27.5 Å². The zero-order chi connectivity index (χ0) is 12.1. The van der Waals surface area contributed by atoms with E-state index in [-0.39, 0.29) is 0 Å². The molecule has 90 valence electrons. The minimum atomic E-state index is -0.560. The SMILES string of the molecule is CNCC(O)c1cc(Cl)c(COC)c(Br)c1. The van der Waals surface area contributed by atoms with Crippen LogP contribution in [0.15, 0.2) is 16.6 Å². The molecule has 0 saturated carbocycles. The molecule has 0 spiro atoms. The molecule has 1 unspecified atom stereocenters. The quantitative estimate of drug-likeness (QED) is 0.878. The summed E-state index contributed by atoms with van der Waals surface area (Å²) in [6, 6.07) is 3.63. The monoisotopic (exact) mass is 307 g/mol. The number of ether oxygens (including phenoxy) is 1. The summed E-state index contributed by atoms with van der Waals surface area (Å²) < 4.78 is 5.90. The Labute approximate surface area is 109 Å². The molecule has 1 aromatic carbocycles. The summed E-state index contributed by atoms with van der Waals surface area (Å²) in [7, 11) is 3.41. The van der Waals surface area contributed by atoms with Crippen LogP contribution in [0.2, 0.25) is 5.02 Å². The highest BCUT2D eigenvalue weighted by molar-refractivity contribution is 9.10. The minimum absolute atomic E-state index is 0.446. The van der Waals surface area contributed by atoms with E-state index in [9.17, 15) is 5.11 Å². The maximum Gasteiger partial charge on any atom is 0.0915 e. The van der Waals surface area contributed by atoms with Crippen LogP contribution in [0.1, 0.15) is 17.2 Å². The van der Waals surface area contributed by atoms with Gasteiger partial charge < -0.3 is 15.2 Å². The number of hydrogen-bond acceptors (Lipinski definition) is 3. The molecule has 1 rings (SSSR count). The minimum Gasteiger partial charge on any atom is -0.387 e. The van der Waals surface area contributed by atoms with Crippen LogP contribution in [-0.4, -0.2) is 25.8 Å². The zero-order valence-electron chi connectivity index (χ0n) is 9.26. The predicted molar refractivity (Wildman–Crippen MR) is 68.8 cm³/mol. The van der Waals surface area contributed by atoms with Crippen LogP contribution in [0.5, 0.6) is 0 Å². The summed E-state index contributed by atoms with van der Waals surface area (Å²) in [5.74, 6) is 0. The number of benzene rings is 1. The van der Waals surface area contributed by atoms with E-state index in [1.165, 1.54) is 0 Å². The van der Waals surface area contributed by atoms with Gasteiger partial charge in [0.15, 0.2) is 0 Å². The number of aliphatic hydroxyl groups is 1. The predicted octanol–water partition coefficient (Wildman–Crippen LogP) is 2.50. The molecule has 0 radical (unpaired) electrons. The normalized spacial score (nSPS) is 12.8. The summed E-state index contributed by atoms with van der Waals surface area (Å²) >= 11 is 9.54. The van der Waals surface area contributed by atoms with E-state index in [0.29, 0.717) is 18.2 Å². The van der Waals surface area contributed by atoms with Crippen molar-refractivity contribution in [3.05, 3.63) is 32.8 Å². The van der Waals surface area contributed by atoms with Gasteiger partial charge in [-0.2, -0.15) is 0 Å². The summed E-state index contributed by atoms with van der Waals surface area (Å²) in [6.07, 6.45) is -0.560. The Kier molecular flexibility index (Phi) is 5.72. The smallest absolute Gasteiger partial charge is 0.0915 e. The summed E-state index contributed by atoms with van der Waals surface area (Å²) in [5.41, 5.74) is 1.68. The lowest BCUT2D eigenvalue weighted by Crippen LogP contribution is -2.16.